The number of carbonyl (C=O) groups excluding carboxylic acids is 4. The summed E-state index contributed by atoms with van der Waals surface area (Å²) in [6.45, 7) is 11.7. The van der Waals surface area contributed by atoms with Crippen molar-refractivity contribution in [3.8, 4) is 5.75 Å². The van der Waals surface area contributed by atoms with Crippen LogP contribution in [-0.4, -0.2) is 80.0 Å². The molecule has 0 spiro atoms. The van der Waals surface area contributed by atoms with E-state index in [0.717, 1.165) is 33.0 Å². The lowest BCUT2D eigenvalue weighted by molar-refractivity contribution is -0.143. The van der Waals surface area contributed by atoms with E-state index >= 15 is 0 Å². The molecule has 0 radical (unpaired) electrons. The van der Waals surface area contributed by atoms with Crippen LogP contribution in [0.15, 0.2) is 42.5 Å². The third kappa shape index (κ3) is 9.64. The van der Waals surface area contributed by atoms with Crippen LogP contribution in [-0.2, 0) is 30.4 Å². The molecule has 4 amide bonds. The number of nitrogens with two attached hydrogens (primary N) is 1. The van der Waals surface area contributed by atoms with E-state index in [4.69, 9.17) is 5.73 Å². The van der Waals surface area contributed by atoms with E-state index in [1.165, 1.54) is 10.8 Å². The van der Waals surface area contributed by atoms with Gasteiger partial charge in [0.25, 0.3) is 0 Å². The number of amides is 4. The highest BCUT2D eigenvalue weighted by Gasteiger charge is 2.44. The summed E-state index contributed by atoms with van der Waals surface area (Å²) in [5.41, 5.74) is 9.52. The van der Waals surface area contributed by atoms with E-state index in [9.17, 15) is 34.2 Å². The molecule has 256 valence electrons. The molecule has 0 aliphatic carbocycles. The number of phenolic OH excluding ortho intramolecular Hbond substituents is 1. The van der Waals surface area contributed by atoms with Crippen molar-refractivity contribution in [1.82, 2.24) is 21.3 Å². The average molecular weight is 688 g/mol. The molecule has 0 aromatic heterocycles. The Labute approximate surface area is 283 Å². The number of benzene rings is 2. The van der Waals surface area contributed by atoms with Gasteiger partial charge in [0, 0.05) is 17.1 Å². The van der Waals surface area contributed by atoms with Gasteiger partial charge in [-0.3, -0.25) is 19.2 Å². The number of nitrogens with one attached hydrogen (secondary N) is 4. The Balaban J connectivity index is 1.93. The number of aromatic hydroxyl groups is 1. The second-order valence-corrected chi connectivity index (χ2v) is 16.4. The number of hydrogen-bond acceptors (Lipinski definition) is 9. The molecule has 5 atom stereocenters. The number of phenols is 1. The lowest BCUT2D eigenvalue weighted by Crippen LogP contribution is -2.62. The van der Waals surface area contributed by atoms with E-state index in [-0.39, 0.29) is 12.2 Å². The van der Waals surface area contributed by atoms with Crippen LogP contribution in [0.3, 0.4) is 0 Å². The average Bonchev–Trinajstić information content (AvgIpc) is 2.98. The minimum Gasteiger partial charge on any atom is -0.508 e. The molecule has 0 saturated carbocycles. The lowest BCUT2D eigenvalue weighted by atomic mass is 9.86. The molecule has 1 aliphatic rings. The standard InChI is InChI=1S/C33H45N5O7S2/c1-17-13-21(39)14-18(2)24(17)19(3)25(34)29(42)37-26-30(43)35-16-23(40)36-22(15-20-11-9-8-10-12-20)28(41)38-27(31(44)45)33(6,7)47-46-32(26,4)5/h8-14,19,22,25-27,39H,15-16,34H2,1-7H3,(H,35,43)(H,36,40)(H,37,42)(H,38,41)(H,44,45)/t19-,22+,25-,26?,27+/m1/s1. The molecule has 1 heterocycles. The van der Waals surface area contributed by atoms with Crippen LogP contribution in [0.2, 0.25) is 0 Å². The number of carbonyl (C=O) groups is 5. The quantitative estimate of drug-likeness (QED) is 0.212. The van der Waals surface area contributed by atoms with Gasteiger partial charge in [0.1, 0.15) is 23.9 Å². The number of aryl methyl sites for hydroxylation is 2. The maximum atomic E-state index is 13.7. The Morgan fingerprint density at radius 2 is 1.55 bits per heavy atom. The van der Waals surface area contributed by atoms with Crippen LogP contribution >= 0.6 is 21.6 Å². The normalized spacial score (nSPS) is 23.2. The smallest absolute Gasteiger partial charge is 0.327 e. The van der Waals surface area contributed by atoms with E-state index in [1.807, 2.05) is 19.9 Å². The van der Waals surface area contributed by atoms with Gasteiger partial charge in [-0.25, -0.2) is 4.79 Å². The molecule has 2 aromatic carbocycles. The molecule has 1 unspecified atom stereocenters. The first-order chi connectivity index (χ1) is 21.8. The SMILES string of the molecule is Cc1cc(O)cc(C)c1[C@@H](C)[C@@H](N)C(=O)NC1C(=O)NCC(=O)N[C@@H](Cc2ccccc2)C(=O)N[C@@H](C(=O)O)C(C)(C)SSC1(C)C. The molecule has 2 aromatic rings. The maximum absolute atomic E-state index is 13.7. The van der Waals surface area contributed by atoms with Crippen molar-refractivity contribution in [1.29, 1.82) is 0 Å². The van der Waals surface area contributed by atoms with Crippen LogP contribution in [0.1, 0.15) is 62.8 Å². The summed E-state index contributed by atoms with van der Waals surface area (Å²) in [4.78, 5) is 66.3. The lowest BCUT2D eigenvalue weighted by Gasteiger charge is -2.38. The van der Waals surface area contributed by atoms with E-state index in [1.54, 1.807) is 71.0 Å². The van der Waals surface area contributed by atoms with Gasteiger partial charge in [0.2, 0.25) is 23.6 Å². The molecule has 8 N–H and O–H groups in total. The summed E-state index contributed by atoms with van der Waals surface area (Å²) in [7, 11) is 2.33. The van der Waals surface area contributed by atoms with Gasteiger partial charge in [-0.05, 0) is 75.9 Å². The van der Waals surface area contributed by atoms with Crippen molar-refractivity contribution in [2.75, 3.05) is 6.54 Å². The molecule has 1 fully saturated rings. The second-order valence-electron chi connectivity index (χ2n) is 12.9. The van der Waals surface area contributed by atoms with Crippen molar-refractivity contribution in [3.63, 3.8) is 0 Å². The van der Waals surface area contributed by atoms with E-state index in [0.29, 0.717) is 0 Å². The van der Waals surface area contributed by atoms with Crippen LogP contribution in [0.4, 0.5) is 0 Å². The van der Waals surface area contributed by atoms with Gasteiger partial charge >= 0.3 is 5.97 Å². The fourth-order valence-electron chi connectivity index (χ4n) is 5.53. The molecule has 0 bridgehead atoms. The Kier molecular flexibility index (Phi) is 12.4. The molecule has 3 rings (SSSR count). The Bertz CT molecular complexity index is 1480. The summed E-state index contributed by atoms with van der Waals surface area (Å²) in [5.74, 6) is -4.26. The van der Waals surface area contributed by atoms with Crippen molar-refractivity contribution in [2.24, 2.45) is 5.73 Å². The predicted octanol–water partition coefficient (Wildman–Crippen LogP) is 2.29. The highest BCUT2D eigenvalue weighted by Crippen LogP contribution is 2.46. The number of rotatable bonds is 7. The highest BCUT2D eigenvalue weighted by molar-refractivity contribution is 8.77. The highest BCUT2D eigenvalue weighted by atomic mass is 33.1. The molecule has 12 nitrogen and oxygen atoms in total. The minimum absolute atomic E-state index is 0.0861. The topological polar surface area (TPSA) is 200 Å². The van der Waals surface area contributed by atoms with Gasteiger partial charge in [0.05, 0.1) is 17.3 Å². The van der Waals surface area contributed by atoms with Gasteiger partial charge < -0.3 is 37.2 Å². The van der Waals surface area contributed by atoms with Crippen LogP contribution in [0.5, 0.6) is 5.75 Å². The Morgan fingerprint density at radius 1 is 0.979 bits per heavy atom. The first-order valence-electron chi connectivity index (χ1n) is 15.2. The first kappa shape index (κ1) is 37.7. The third-order valence-corrected chi connectivity index (χ3v) is 12.4. The van der Waals surface area contributed by atoms with E-state index < -0.39 is 75.7 Å². The molecule has 47 heavy (non-hydrogen) atoms. The van der Waals surface area contributed by atoms with E-state index in [2.05, 4.69) is 21.3 Å². The fourth-order valence-corrected chi connectivity index (χ4v) is 8.34. The fraction of sp³-hybridized carbons (Fsp3) is 0.485. The molecular formula is C33H45N5O7S2. The van der Waals surface area contributed by atoms with Crippen LogP contribution in [0, 0.1) is 13.8 Å². The summed E-state index contributed by atoms with van der Waals surface area (Å²) >= 11 is 0. The third-order valence-electron chi connectivity index (χ3n) is 8.18. The first-order valence-corrected chi connectivity index (χ1v) is 17.4. The maximum Gasteiger partial charge on any atom is 0.327 e. The Morgan fingerprint density at radius 3 is 2.13 bits per heavy atom. The van der Waals surface area contributed by atoms with Crippen molar-refractivity contribution < 1.29 is 34.2 Å². The van der Waals surface area contributed by atoms with Crippen molar-refractivity contribution in [2.45, 2.75) is 94.5 Å². The predicted molar refractivity (Wildman–Crippen MR) is 184 cm³/mol. The van der Waals surface area contributed by atoms with Crippen LogP contribution < -0.4 is 27.0 Å². The molecule has 14 heteroatoms. The Hall–Kier alpha value is -3.75. The molecular weight excluding hydrogens is 643 g/mol. The number of hydrogen-bond donors (Lipinski definition) is 7. The molecule has 1 saturated heterocycles. The van der Waals surface area contributed by atoms with Gasteiger partial charge in [-0.1, -0.05) is 58.8 Å². The summed E-state index contributed by atoms with van der Waals surface area (Å²) in [6, 6.07) is 7.36. The number of aliphatic carboxylic acids is 1. The summed E-state index contributed by atoms with van der Waals surface area (Å²) < 4.78 is -2.17. The second kappa shape index (κ2) is 15.4. The summed E-state index contributed by atoms with van der Waals surface area (Å²) in [5, 5.41) is 30.7. The molecule has 1 aliphatic heterocycles. The van der Waals surface area contributed by atoms with Gasteiger partial charge in [0.15, 0.2) is 0 Å². The monoisotopic (exact) mass is 687 g/mol. The zero-order valence-electron chi connectivity index (χ0n) is 27.7. The van der Waals surface area contributed by atoms with Gasteiger partial charge in [-0.2, -0.15) is 0 Å². The van der Waals surface area contributed by atoms with Gasteiger partial charge in [-0.15, -0.1) is 0 Å². The number of carboxylic acids is 1. The van der Waals surface area contributed by atoms with Crippen molar-refractivity contribution >= 4 is 51.2 Å². The largest absolute Gasteiger partial charge is 0.508 e. The zero-order chi connectivity index (χ0) is 35.3. The van der Waals surface area contributed by atoms with Crippen molar-refractivity contribution in [3.05, 3.63) is 64.7 Å². The zero-order valence-corrected chi connectivity index (χ0v) is 29.3. The number of carboxylic acid groups (broad SMARTS) is 1. The minimum atomic E-state index is -1.37. The van der Waals surface area contributed by atoms with Crippen LogP contribution in [0.25, 0.3) is 0 Å². The summed E-state index contributed by atoms with van der Waals surface area (Å²) in [6.07, 6.45) is 0.0861.